The molecule has 1 fully saturated rings. The molecule has 0 unspecified atom stereocenters. The van der Waals surface area contributed by atoms with E-state index in [2.05, 4.69) is 11.8 Å². The summed E-state index contributed by atoms with van der Waals surface area (Å²) in [7, 11) is 1.72. The second-order valence-corrected chi connectivity index (χ2v) is 5.36. The first-order chi connectivity index (χ1) is 8.79. The second-order valence-electron chi connectivity index (χ2n) is 5.36. The molecule has 0 aromatic rings. The minimum atomic E-state index is 0.304. The average Bonchev–Trinajstić information content (AvgIpc) is 2.43. The first-order valence-corrected chi connectivity index (χ1v) is 7.57. The molecule has 0 heterocycles. The van der Waals surface area contributed by atoms with Crippen LogP contribution in [0.2, 0.25) is 0 Å². The lowest BCUT2D eigenvalue weighted by Gasteiger charge is -2.29. The third kappa shape index (κ3) is 5.38. The number of nitrogens with zero attached hydrogens (tertiary/aromatic N) is 1. The first-order valence-electron chi connectivity index (χ1n) is 7.57. The highest BCUT2D eigenvalue weighted by atomic mass is 16.5. The number of unbranched alkanes of at least 4 members (excludes halogenated alkanes) is 1. The summed E-state index contributed by atoms with van der Waals surface area (Å²) in [5.74, 6) is 0.706. The molecule has 18 heavy (non-hydrogen) atoms. The van der Waals surface area contributed by atoms with Gasteiger partial charge in [0, 0.05) is 32.7 Å². The van der Waals surface area contributed by atoms with Crippen LogP contribution < -0.4 is 0 Å². The maximum absolute atomic E-state index is 12.5. The zero-order valence-corrected chi connectivity index (χ0v) is 12.1. The highest BCUT2D eigenvalue weighted by Gasteiger charge is 2.25. The van der Waals surface area contributed by atoms with Gasteiger partial charge in [0.1, 0.15) is 0 Å². The Kier molecular flexibility index (Phi) is 8.06. The summed E-state index contributed by atoms with van der Waals surface area (Å²) in [4.78, 5) is 14.6. The van der Waals surface area contributed by atoms with E-state index < -0.39 is 0 Å². The summed E-state index contributed by atoms with van der Waals surface area (Å²) < 4.78 is 5.08. The Morgan fingerprint density at radius 3 is 2.44 bits per heavy atom. The van der Waals surface area contributed by atoms with Crippen molar-refractivity contribution in [3.63, 3.8) is 0 Å². The van der Waals surface area contributed by atoms with E-state index in [1.54, 1.807) is 7.11 Å². The number of amides is 1. The Hall–Kier alpha value is -0.570. The van der Waals surface area contributed by atoms with E-state index in [1.807, 2.05) is 0 Å². The fourth-order valence-electron chi connectivity index (χ4n) is 2.69. The molecular weight excluding hydrogens is 226 g/mol. The highest BCUT2D eigenvalue weighted by molar-refractivity contribution is 5.78. The average molecular weight is 255 g/mol. The number of carbonyl (C=O) groups excluding carboxylic acids is 1. The molecule has 0 spiro atoms. The Balaban J connectivity index is 2.42. The van der Waals surface area contributed by atoms with E-state index in [9.17, 15) is 4.79 Å². The lowest BCUT2D eigenvalue weighted by molar-refractivity contribution is -0.136. The predicted molar refractivity (Wildman–Crippen MR) is 74.6 cm³/mol. The molecule has 106 valence electrons. The van der Waals surface area contributed by atoms with Crippen LogP contribution in [0.25, 0.3) is 0 Å². The Bertz CT molecular complexity index is 225. The first kappa shape index (κ1) is 15.5. The largest absolute Gasteiger partial charge is 0.385 e. The molecule has 0 atom stereocenters. The molecule has 1 saturated carbocycles. The van der Waals surface area contributed by atoms with E-state index in [1.165, 1.54) is 19.3 Å². The van der Waals surface area contributed by atoms with Gasteiger partial charge in [0.25, 0.3) is 0 Å². The number of hydrogen-bond donors (Lipinski definition) is 0. The zero-order valence-electron chi connectivity index (χ0n) is 12.1. The standard InChI is InChI=1S/C15H29NO2/c1-3-4-11-16(12-8-13-18-2)15(17)14-9-6-5-7-10-14/h14H,3-13H2,1-2H3. The topological polar surface area (TPSA) is 29.5 Å². The number of methoxy groups -OCH3 is 1. The van der Waals surface area contributed by atoms with Crippen molar-refractivity contribution < 1.29 is 9.53 Å². The van der Waals surface area contributed by atoms with Crippen molar-refractivity contribution in [1.29, 1.82) is 0 Å². The highest BCUT2D eigenvalue weighted by Crippen LogP contribution is 2.25. The summed E-state index contributed by atoms with van der Waals surface area (Å²) in [5, 5.41) is 0. The van der Waals surface area contributed by atoms with Crippen molar-refractivity contribution >= 4 is 5.91 Å². The monoisotopic (exact) mass is 255 g/mol. The number of hydrogen-bond acceptors (Lipinski definition) is 2. The lowest BCUT2D eigenvalue weighted by Crippen LogP contribution is -2.38. The second kappa shape index (κ2) is 9.37. The minimum absolute atomic E-state index is 0.304. The molecule has 0 N–H and O–H groups in total. The van der Waals surface area contributed by atoms with Gasteiger partial charge in [0.2, 0.25) is 5.91 Å². The molecule has 0 aliphatic heterocycles. The van der Waals surface area contributed by atoms with Gasteiger partial charge in [-0.15, -0.1) is 0 Å². The SMILES string of the molecule is CCCCN(CCCOC)C(=O)C1CCCCC1. The van der Waals surface area contributed by atoms with Crippen LogP contribution in [0.4, 0.5) is 0 Å². The third-order valence-corrected chi connectivity index (χ3v) is 3.82. The number of ether oxygens (including phenoxy) is 1. The van der Waals surface area contributed by atoms with Crippen LogP contribution in [0.15, 0.2) is 0 Å². The smallest absolute Gasteiger partial charge is 0.225 e. The van der Waals surface area contributed by atoms with Gasteiger partial charge in [-0.25, -0.2) is 0 Å². The van der Waals surface area contributed by atoms with Crippen LogP contribution in [0.1, 0.15) is 58.3 Å². The van der Waals surface area contributed by atoms with E-state index in [0.29, 0.717) is 11.8 Å². The molecule has 1 rings (SSSR count). The molecule has 0 saturated heterocycles. The molecule has 3 heteroatoms. The molecule has 3 nitrogen and oxygen atoms in total. The molecule has 0 bridgehead atoms. The van der Waals surface area contributed by atoms with Crippen molar-refractivity contribution in [3.8, 4) is 0 Å². The van der Waals surface area contributed by atoms with Crippen LogP contribution in [-0.4, -0.2) is 37.6 Å². The summed E-state index contributed by atoms with van der Waals surface area (Å²) in [6, 6.07) is 0. The van der Waals surface area contributed by atoms with Crippen molar-refractivity contribution in [2.75, 3.05) is 26.8 Å². The van der Waals surface area contributed by atoms with Gasteiger partial charge in [0.15, 0.2) is 0 Å². The molecule has 1 amide bonds. The van der Waals surface area contributed by atoms with Crippen LogP contribution in [0.5, 0.6) is 0 Å². The van der Waals surface area contributed by atoms with E-state index in [0.717, 1.165) is 51.8 Å². The summed E-state index contributed by atoms with van der Waals surface area (Å²) >= 11 is 0. The summed E-state index contributed by atoms with van der Waals surface area (Å²) in [6.45, 7) is 4.72. The zero-order chi connectivity index (χ0) is 13.2. The molecule has 1 aliphatic carbocycles. The fraction of sp³-hybridized carbons (Fsp3) is 0.933. The quantitative estimate of drug-likeness (QED) is 0.623. The van der Waals surface area contributed by atoms with Gasteiger partial charge in [-0.1, -0.05) is 32.6 Å². The van der Waals surface area contributed by atoms with Crippen LogP contribution in [0, 0.1) is 5.92 Å². The maximum atomic E-state index is 12.5. The molecule has 1 aliphatic rings. The van der Waals surface area contributed by atoms with Gasteiger partial charge in [-0.3, -0.25) is 4.79 Å². The normalized spacial score (nSPS) is 16.8. The third-order valence-electron chi connectivity index (χ3n) is 3.82. The van der Waals surface area contributed by atoms with Crippen molar-refractivity contribution in [1.82, 2.24) is 4.90 Å². The maximum Gasteiger partial charge on any atom is 0.225 e. The molecule has 0 aromatic carbocycles. The Morgan fingerprint density at radius 1 is 1.17 bits per heavy atom. The molecular formula is C15H29NO2. The van der Waals surface area contributed by atoms with Crippen LogP contribution in [-0.2, 0) is 9.53 Å². The number of rotatable bonds is 8. The van der Waals surface area contributed by atoms with Crippen LogP contribution >= 0.6 is 0 Å². The molecule has 0 aromatic heterocycles. The van der Waals surface area contributed by atoms with E-state index in [-0.39, 0.29) is 0 Å². The number of carbonyl (C=O) groups is 1. The van der Waals surface area contributed by atoms with Gasteiger partial charge < -0.3 is 9.64 Å². The predicted octanol–water partition coefficient (Wildman–Crippen LogP) is 3.23. The van der Waals surface area contributed by atoms with Crippen molar-refractivity contribution in [2.45, 2.75) is 58.3 Å². The van der Waals surface area contributed by atoms with Gasteiger partial charge in [-0.2, -0.15) is 0 Å². The van der Waals surface area contributed by atoms with Gasteiger partial charge >= 0.3 is 0 Å². The lowest BCUT2D eigenvalue weighted by atomic mass is 9.88. The van der Waals surface area contributed by atoms with Gasteiger partial charge in [0.05, 0.1) is 0 Å². The van der Waals surface area contributed by atoms with Crippen molar-refractivity contribution in [3.05, 3.63) is 0 Å². The molecule has 0 radical (unpaired) electrons. The van der Waals surface area contributed by atoms with Crippen molar-refractivity contribution in [2.24, 2.45) is 5.92 Å². The fourth-order valence-corrected chi connectivity index (χ4v) is 2.69. The van der Waals surface area contributed by atoms with Crippen LogP contribution in [0.3, 0.4) is 0 Å². The van der Waals surface area contributed by atoms with E-state index in [4.69, 9.17) is 4.74 Å². The Morgan fingerprint density at radius 2 is 1.83 bits per heavy atom. The van der Waals surface area contributed by atoms with Gasteiger partial charge in [-0.05, 0) is 25.7 Å². The van der Waals surface area contributed by atoms with E-state index >= 15 is 0 Å². The summed E-state index contributed by atoms with van der Waals surface area (Å²) in [6.07, 6.45) is 9.20. The summed E-state index contributed by atoms with van der Waals surface area (Å²) in [5.41, 5.74) is 0. The Labute approximate surface area is 112 Å². The minimum Gasteiger partial charge on any atom is -0.385 e.